The second-order valence-electron chi connectivity index (χ2n) is 5.36. The summed E-state index contributed by atoms with van der Waals surface area (Å²) in [5.74, 6) is 0.606. The van der Waals surface area contributed by atoms with Gasteiger partial charge in [-0.1, -0.05) is 19.0 Å². The molecule has 106 valence electrons. The van der Waals surface area contributed by atoms with Gasteiger partial charge in [0.25, 0.3) is 5.91 Å². The van der Waals surface area contributed by atoms with Crippen LogP contribution in [0.15, 0.2) is 4.52 Å². The second kappa shape index (κ2) is 5.71. The quantitative estimate of drug-likeness (QED) is 0.736. The van der Waals surface area contributed by atoms with E-state index >= 15 is 0 Å². The van der Waals surface area contributed by atoms with Crippen molar-refractivity contribution in [3.8, 4) is 0 Å². The Hall–Kier alpha value is -1.40. The maximum Gasteiger partial charge on any atom is 0.256 e. The van der Waals surface area contributed by atoms with Crippen LogP contribution in [0.25, 0.3) is 0 Å². The number of aromatic nitrogens is 1. The van der Waals surface area contributed by atoms with Gasteiger partial charge >= 0.3 is 0 Å². The third-order valence-electron chi connectivity index (χ3n) is 3.47. The number of amides is 1. The third-order valence-corrected chi connectivity index (χ3v) is 3.47. The van der Waals surface area contributed by atoms with Crippen molar-refractivity contribution in [1.29, 1.82) is 0 Å². The van der Waals surface area contributed by atoms with Gasteiger partial charge in [0.1, 0.15) is 5.56 Å². The number of carbonyl (C=O) groups excluding carboxylic acids is 1. The lowest BCUT2D eigenvalue weighted by molar-refractivity contribution is 0.0924. The SMILES string of the molecule is Cc1noc(C(C)C)c1C(=O)NCC1CNCC1O. The van der Waals surface area contributed by atoms with Crippen LogP contribution < -0.4 is 10.6 Å². The molecule has 0 aliphatic carbocycles. The van der Waals surface area contributed by atoms with E-state index in [4.69, 9.17) is 4.52 Å². The van der Waals surface area contributed by atoms with E-state index in [1.807, 2.05) is 13.8 Å². The Morgan fingerprint density at radius 1 is 1.58 bits per heavy atom. The highest BCUT2D eigenvalue weighted by Crippen LogP contribution is 2.22. The summed E-state index contributed by atoms with van der Waals surface area (Å²) in [5.41, 5.74) is 1.13. The highest BCUT2D eigenvalue weighted by Gasteiger charge is 2.27. The maximum atomic E-state index is 12.2. The molecule has 2 heterocycles. The van der Waals surface area contributed by atoms with Crippen LogP contribution in [0.3, 0.4) is 0 Å². The van der Waals surface area contributed by atoms with Crippen molar-refractivity contribution in [3.63, 3.8) is 0 Å². The van der Waals surface area contributed by atoms with Gasteiger partial charge in [-0.3, -0.25) is 4.79 Å². The molecule has 0 bridgehead atoms. The fourth-order valence-corrected chi connectivity index (χ4v) is 2.30. The lowest BCUT2D eigenvalue weighted by Gasteiger charge is -2.14. The Labute approximate surface area is 112 Å². The first kappa shape index (κ1) is 14.0. The minimum absolute atomic E-state index is 0.0617. The molecular weight excluding hydrogens is 246 g/mol. The van der Waals surface area contributed by atoms with Gasteiger partial charge in [-0.15, -0.1) is 0 Å². The number of nitrogens with zero attached hydrogens (tertiary/aromatic N) is 1. The van der Waals surface area contributed by atoms with Crippen molar-refractivity contribution < 1.29 is 14.4 Å². The highest BCUT2D eigenvalue weighted by molar-refractivity contribution is 5.96. The van der Waals surface area contributed by atoms with E-state index in [1.54, 1.807) is 6.92 Å². The average molecular weight is 267 g/mol. The summed E-state index contributed by atoms with van der Waals surface area (Å²) in [6.07, 6.45) is -0.395. The zero-order valence-electron chi connectivity index (χ0n) is 11.6. The molecule has 6 heteroatoms. The number of aryl methyl sites for hydroxylation is 1. The van der Waals surface area contributed by atoms with Crippen molar-refractivity contribution in [2.75, 3.05) is 19.6 Å². The zero-order valence-corrected chi connectivity index (χ0v) is 11.6. The van der Waals surface area contributed by atoms with E-state index < -0.39 is 6.10 Å². The molecule has 1 aromatic rings. The van der Waals surface area contributed by atoms with Crippen molar-refractivity contribution in [2.24, 2.45) is 5.92 Å². The molecule has 2 unspecified atom stereocenters. The van der Waals surface area contributed by atoms with Gasteiger partial charge in [0, 0.05) is 31.5 Å². The molecule has 0 saturated carbocycles. The van der Waals surface area contributed by atoms with E-state index in [0.29, 0.717) is 30.1 Å². The molecule has 0 aromatic carbocycles. The van der Waals surface area contributed by atoms with E-state index in [-0.39, 0.29) is 17.7 Å². The first-order valence-electron chi connectivity index (χ1n) is 6.63. The van der Waals surface area contributed by atoms with Crippen LogP contribution in [0.4, 0.5) is 0 Å². The first-order valence-corrected chi connectivity index (χ1v) is 6.63. The normalized spacial score (nSPS) is 23.0. The van der Waals surface area contributed by atoms with Crippen LogP contribution >= 0.6 is 0 Å². The summed E-state index contributed by atoms with van der Waals surface area (Å²) in [6.45, 7) is 7.44. The molecule has 1 aliphatic rings. The Morgan fingerprint density at radius 2 is 2.32 bits per heavy atom. The number of aliphatic hydroxyl groups excluding tert-OH is 1. The molecule has 1 saturated heterocycles. The predicted molar refractivity (Wildman–Crippen MR) is 70.0 cm³/mol. The summed E-state index contributed by atoms with van der Waals surface area (Å²) >= 11 is 0. The minimum Gasteiger partial charge on any atom is -0.391 e. The summed E-state index contributed by atoms with van der Waals surface area (Å²) in [5, 5.41) is 19.5. The summed E-state index contributed by atoms with van der Waals surface area (Å²) in [6, 6.07) is 0. The molecular formula is C13H21N3O3. The molecule has 1 aromatic heterocycles. The standard InChI is InChI=1S/C13H21N3O3/c1-7(2)12-11(8(3)16-19-12)13(18)15-5-9-4-14-6-10(9)17/h7,9-10,14,17H,4-6H2,1-3H3,(H,15,18). The lowest BCUT2D eigenvalue weighted by Crippen LogP contribution is -2.34. The van der Waals surface area contributed by atoms with Crippen LogP contribution in [0.1, 0.15) is 41.6 Å². The van der Waals surface area contributed by atoms with E-state index in [9.17, 15) is 9.90 Å². The first-order chi connectivity index (χ1) is 9.00. The molecule has 2 rings (SSSR count). The molecule has 1 aliphatic heterocycles. The van der Waals surface area contributed by atoms with Gasteiger partial charge in [-0.2, -0.15) is 0 Å². The van der Waals surface area contributed by atoms with Gasteiger partial charge in [0.15, 0.2) is 5.76 Å². The number of β-amino-alcohol motifs (C(OH)–C–C–N with tert-alkyl or cyclic N) is 1. The van der Waals surface area contributed by atoms with Crippen LogP contribution in [-0.2, 0) is 0 Å². The molecule has 1 fully saturated rings. The fourth-order valence-electron chi connectivity index (χ4n) is 2.30. The Balaban J connectivity index is 2.02. The van der Waals surface area contributed by atoms with Gasteiger partial charge in [0.2, 0.25) is 0 Å². The maximum absolute atomic E-state index is 12.2. The second-order valence-corrected chi connectivity index (χ2v) is 5.36. The molecule has 19 heavy (non-hydrogen) atoms. The zero-order chi connectivity index (χ0) is 14.0. The van der Waals surface area contributed by atoms with E-state index in [1.165, 1.54) is 0 Å². The van der Waals surface area contributed by atoms with Crippen LogP contribution in [-0.4, -0.2) is 41.9 Å². The topological polar surface area (TPSA) is 87.4 Å². The molecule has 0 spiro atoms. The van der Waals surface area contributed by atoms with E-state index in [2.05, 4.69) is 15.8 Å². The van der Waals surface area contributed by atoms with Crippen LogP contribution in [0.2, 0.25) is 0 Å². The van der Waals surface area contributed by atoms with E-state index in [0.717, 1.165) is 6.54 Å². The number of nitrogens with one attached hydrogen (secondary N) is 2. The third kappa shape index (κ3) is 2.96. The monoisotopic (exact) mass is 267 g/mol. The van der Waals surface area contributed by atoms with Gasteiger partial charge < -0.3 is 20.3 Å². The van der Waals surface area contributed by atoms with Crippen molar-refractivity contribution in [2.45, 2.75) is 32.8 Å². The molecule has 6 nitrogen and oxygen atoms in total. The lowest BCUT2D eigenvalue weighted by atomic mass is 10.0. The predicted octanol–water partition coefficient (Wildman–Crippen LogP) is 0.417. The minimum atomic E-state index is -0.395. The number of rotatable bonds is 4. The highest BCUT2D eigenvalue weighted by atomic mass is 16.5. The molecule has 3 N–H and O–H groups in total. The Morgan fingerprint density at radius 3 is 2.89 bits per heavy atom. The fraction of sp³-hybridized carbons (Fsp3) is 0.692. The number of carbonyl (C=O) groups is 1. The van der Waals surface area contributed by atoms with Crippen molar-refractivity contribution in [1.82, 2.24) is 15.8 Å². The number of hydrogen-bond donors (Lipinski definition) is 3. The van der Waals surface area contributed by atoms with Crippen molar-refractivity contribution >= 4 is 5.91 Å². The smallest absolute Gasteiger partial charge is 0.256 e. The Bertz CT molecular complexity index is 456. The Kier molecular flexibility index (Phi) is 4.21. The van der Waals surface area contributed by atoms with Crippen LogP contribution in [0.5, 0.6) is 0 Å². The summed E-state index contributed by atoms with van der Waals surface area (Å²) in [4.78, 5) is 12.2. The van der Waals surface area contributed by atoms with Gasteiger partial charge in [-0.05, 0) is 6.92 Å². The largest absolute Gasteiger partial charge is 0.391 e. The van der Waals surface area contributed by atoms with Crippen molar-refractivity contribution in [3.05, 3.63) is 17.0 Å². The molecule has 1 amide bonds. The average Bonchev–Trinajstić information content (AvgIpc) is 2.92. The molecule has 2 atom stereocenters. The molecule has 0 radical (unpaired) electrons. The van der Waals surface area contributed by atoms with Crippen LogP contribution in [0, 0.1) is 12.8 Å². The van der Waals surface area contributed by atoms with Gasteiger partial charge in [-0.25, -0.2) is 0 Å². The number of hydrogen-bond acceptors (Lipinski definition) is 5. The number of aliphatic hydroxyl groups is 1. The summed E-state index contributed by atoms with van der Waals surface area (Å²) < 4.78 is 5.20. The summed E-state index contributed by atoms with van der Waals surface area (Å²) in [7, 11) is 0. The van der Waals surface area contributed by atoms with Gasteiger partial charge in [0.05, 0.1) is 11.8 Å².